The molecule has 0 fully saturated rings. The lowest BCUT2D eigenvalue weighted by Gasteiger charge is -2.05. The summed E-state index contributed by atoms with van der Waals surface area (Å²) < 4.78 is 0. The van der Waals surface area contributed by atoms with Crippen LogP contribution in [-0.4, -0.2) is 17.2 Å². The van der Waals surface area contributed by atoms with Gasteiger partial charge in [-0.1, -0.05) is 32.8 Å². The first-order valence-electron chi connectivity index (χ1n) is 5.82. The number of carboxylic acid groups (broad SMARTS) is 1. The van der Waals surface area contributed by atoms with E-state index in [0.717, 1.165) is 12.8 Å². The lowest BCUT2D eigenvalue weighted by atomic mass is 10.1. The Morgan fingerprint density at radius 1 is 1.41 bits per heavy atom. The Hall–Kier alpha value is -1.39. The van der Waals surface area contributed by atoms with Crippen LogP contribution in [0.15, 0.2) is 17.5 Å². The largest absolute Gasteiger partial charge is 0.478 e. The second-order valence-electron chi connectivity index (χ2n) is 3.93. The number of aliphatic carboxylic acids is 1. The molecular weight excluding hydrogens is 222 g/mol. The Kier molecular flexibility index (Phi) is 13.4. The summed E-state index contributed by atoms with van der Waals surface area (Å²) in [5.41, 5.74) is 0.176. The van der Waals surface area contributed by atoms with Crippen LogP contribution in [0.3, 0.4) is 0 Å². The number of hydrogen-bond acceptors (Lipinski definition) is 4. The zero-order chi connectivity index (χ0) is 13.7. The molecule has 0 amide bonds. The molecule has 0 aromatic rings. The van der Waals surface area contributed by atoms with Crippen LogP contribution in [0.4, 0.5) is 0 Å². The van der Waals surface area contributed by atoms with Crippen molar-refractivity contribution in [1.82, 2.24) is 0 Å². The monoisotopic (exact) mass is 245 g/mol. The lowest BCUT2D eigenvalue weighted by molar-refractivity contribution is -0.132. The summed E-state index contributed by atoms with van der Waals surface area (Å²) in [6.07, 6.45) is 5.78. The molecule has 100 valence electrons. The number of nitrogens with zero attached hydrogens (tertiary/aromatic N) is 1. The fourth-order valence-electron chi connectivity index (χ4n) is 0.985. The molecule has 17 heavy (non-hydrogen) atoms. The number of carboxylic acids is 1. The molecule has 1 N–H and O–H groups in total. The SMILES string of the molecule is C=C(C)C(=O)O.CCCCCCC(C)ON=O. The molecule has 5 heteroatoms. The number of rotatable bonds is 8. The van der Waals surface area contributed by atoms with Crippen LogP contribution in [0.2, 0.25) is 0 Å². The Bertz CT molecular complexity index is 217. The number of hydrogen-bond donors (Lipinski definition) is 1. The van der Waals surface area contributed by atoms with Gasteiger partial charge in [0.2, 0.25) is 0 Å². The molecule has 0 bridgehead atoms. The highest BCUT2D eigenvalue weighted by atomic mass is 16.7. The summed E-state index contributed by atoms with van der Waals surface area (Å²) >= 11 is 0. The Labute approximate surface area is 103 Å². The highest BCUT2D eigenvalue weighted by Crippen LogP contribution is 2.07. The summed E-state index contributed by atoms with van der Waals surface area (Å²) in [6, 6.07) is 0. The summed E-state index contributed by atoms with van der Waals surface area (Å²) in [6.45, 7) is 8.64. The van der Waals surface area contributed by atoms with E-state index in [-0.39, 0.29) is 11.7 Å². The topological polar surface area (TPSA) is 76.0 Å². The third-order valence-corrected chi connectivity index (χ3v) is 2.05. The zero-order valence-corrected chi connectivity index (χ0v) is 10.9. The highest BCUT2D eigenvalue weighted by molar-refractivity contribution is 5.84. The quantitative estimate of drug-likeness (QED) is 0.306. The predicted molar refractivity (Wildman–Crippen MR) is 67.6 cm³/mol. The van der Waals surface area contributed by atoms with E-state index in [4.69, 9.17) is 5.11 Å². The highest BCUT2D eigenvalue weighted by Gasteiger charge is 2.00. The van der Waals surface area contributed by atoms with Crippen LogP contribution in [0.5, 0.6) is 0 Å². The van der Waals surface area contributed by atoms with Crippen molar-refractivity contribution in [3.8, 4) is 0 Å². The van der Waals surface area contributed by atoms with Gasteiger partial charge in [-0.2, -0.15) is 0 Å². The molecule has 0 spiro atoms. The summed E-state index contributed by atoms with van der Waals surface area (Å²) in [5, 5.41) is 10.3. The van der Waals surface area contributed by atoms with Gasteiger partial charge in [0, 0.05) is 5.57 Å². The van der Waals surface area contributed by atoms with E-state index in [9.17, 15) is 9.70 Å². The van der Waals surface area contributed by atoms with Gasteiger partial charge in [0.15, 0.2) is 5.34 Å². The van der Waals surface area contributed by atoms with Gasteiger partial charge in [-0.05, 0) is 26.7 Å². The van der Waals surface area contributed by atoms with Gasteiger partial charge < -0.3 is 9.94 Å². The average molecular weight is 245 g/mol. The average Bonchev–Trinajstić information content (AvgIpc) is 2.25. The van der Waals surface area contributed by atoms with Gasteiger partial charge in [0.25, 0.3) is 0 Å². The van der Waals surface area contributed by atoms with E-state index in [1.807, 2.05) is 6.92 Å². The molecule has 1 unspecified atom stereocenters. The zero-order valence-electron chi connectivity index (χ0n) is 10.9. The molecular formula is C12H23NO4. The summed E-state index contributed by atoms with van der Waals surface area (Å²) in [7, 11) is 0. The fourth-order valence-corrected chi connectivity index (χ4v) is 0.985. The van der Waals surface area contributed by atoms with Crippen molar-refractivity contribution in [3.05, 3.63) is 17.1 Å². The van der Waals surface area contributed by atoms with E-state index in [1.54, 1.807) is 0 Å². The van der Waals surface area contributed by atoms with E-state index in [0.29, 0.717) is 0 Å². The van der Waals surface area contributed by atoms with Crippen molar-refractivity contribution in [2.45, 2.75) is 59.0 Å². The van der Waals surface area contributed by atoms with Crippen LogP contribution in [0.25, 0.3) is 0 Å². The molecule has 0 heterocycles. The first-order chi connectivity index (χ1) is 7.95. The first kappa shape index (κ1) is 18.0. The van der Waals surface area contributed by atoms with Gasteiger partial charge >= 0.3 is 5.97 Å². The molecule has 0 rings (SSSR count). The van der Waals surface area contributed by atoms with Gasteiger partial charge in [0.05, 0.1) is 0 Å². The molecule has 5 nitrogen and oxygen atoms in total. The molecule has 0 aliphatic rings. The van der Waals surface area contributed by atoms with Gasteiger partial charge in [-0.3, -0.25) is 0 Å². The van der Waals surface area contributed by atoms with Crippen LogP contribution in [0, 0.1) is 4.91 Å². The van der Waals surface area contributed by atoms with Gasteiger partial charge in [-0.15, -0.1) is 4.91 Å². The molecule has 0 saturated heterocycles. The van der Waals surface area contributed by atoms with E-state index >= 15 is 0 Å². The third kappa shape index (κ3) is 17.2. The lowest BCUT2D eigenvalue weighted by Crippen LogP contribution is -2.02. The molecule has 1 atom stereocenters. The first-order valence-corrected chi connectivity index (χ1v) is 5.82. The third-order valence-electron chi connectivity index (χ3n) is 2.05. The minimum absolute atomic E-state index is 0.00986. The summed E-state index contributed by atoms with van der Waals surface area (Å²) in [4.78, 5) is 23.7. The minimum atomic E-state index is -0.935. The molecule has 0 aliphatic carbocycles. The smallest absolute Gasteiger partial charge is 0.330 e. The standard InChI is InChI=1S/C8H17NO2.C4H6O2/c1-3-4-5-6-7-8(2)11-9-10;1-3(2)4(5)6/h8H,3-7H2,1-2H3;1H2,2H3,(H,5,6). The van der Waals surface area contributed by atoms with Crippen molar-refractivity contribution < 1.29 is 14.7 Å². The van der Waals surface area contributed by atoms with Crippen molar-refractivity contribution in [3.63, 3.8) is 0 Å². The maximum absolute atomic E-state index is 9.63. The Morgan fingerprint density at radius 3 is 2.29 bits per heavy atom. The van der Waals surface area contributed by atoms with Gasteiger partial charge in [-0.25, -0.2) is 4.79 Å². The fraction of sp³-hybridized carbons (Fsp3) is 0.750. The normalized spacial score (nSPS) is 10.8. The van der Waals surface area contributed by atoms with Crippen LogP contribution in [0.1, 0.15) is 52.9 Å². The van der Waals surface area contributed by atoms with Crippen LogP contribution in [-0.2, 0) is 9.63 Å². The molecule has 0 aromatic carbocycles. The van der Waals surface area contributed by atoms with Gasteiger partial charge in [0.1, 0.15) is 6.10 Å². The van der Waals surface area contributed by atoms with Crippen LogP contribution < -0.4 is 0 Å². The maximum atomic E-state index is 9.63. The van der Waals surface area contributed by atoms with E-state index < -0.39 is 5.97 Å². The summed E-state index contributed by atoms with van der Waals surface area (Å²) in [5.74, 6) is -0.935. The maximum Gasteiger partial charge on any atom is 0.330 e. The molecule has 0 aromatic heterocycles. The van der Waals surface area contributed by atoms with Crippen molar-refractivity contribution in [1.29, 1.82) is 0 Å². The van der Waals surface area contributed by atoms with Crippen molar-refractivity contribution in [2.24, 2.45) is 5.34 Å². The van der Waals surface area contributed by atoms with Crippen LogP contribution >= 0.6 is 0 Å². The second kappa shape index (κ2) is 12.7. The number of unbranched alkanes of at least 4 members (excludes halogenated alkanes) is 3. The van der Waals surface area contributed by atoms with E-state index in [1.165, 1.54) is 26.2 Å². The number of carbonyl (C=O) groups is 1. The predicted octanol–water partition coefficient (Wildman–Crippen LogP) is 3.69. The molecule has 0 aliphatic heterocycles. The van der Waals surface area contributed by atoms with E-state index in [2.05, 4.69) is 23.7 Å². The Morgan fingerprint density at radius 2 is 1.94 bits per heavy atom. The second-order valence-corrected chi connectivity index (χ2v) is 3.93. The van der Waals surface area contributed by atoms with Crippen molar-refractivity contribution >= 4 is 5.97 Å². The Balaban J connectivity index is 0. The molecule has 0 saturated carbocycles. The molecule has 0 radical (unpaired) electrons. The minimum Gasteiger partial charge on any atom is -0.478 e. The van der Waals surface area contributed by atoms with Crippen molar-refractivity contribution in [2.75, 3.05) is 0 Å².